The van der Waals surface area contributed by atoms with Gasteiger partial charge in [0.1, 0.15) is 0 Å². The lowest BCUT2D eigenvalue weighted by Gasteiger charge is -2.09. The molecule has 18 heavy (non-hydrogen) atoms. The van der Waals surface area contributed by atoms with Crippen molar-refractivity contribution in [3.63, 3.8) is 0 Å². The summed E-state index contributed by atoms with van der Waals surface area (Å²) in [6.45, 7) is 2.52. The second-order valence-corrected chi connectivity index (χ2v) is 6.38. The summed E-state index contributed by atoms with van der Waals surface area (Å²) in [5.41, 5.74) is 0.786. The van der Waals surface area contributed by atoms with Crippen LogP contribution in [0.1, 0.15) is 25.3 Å². The molecule has 0 bridgehead atoms. The number of nitrogens with one attached hydrogen (secondary N) is 1. The third kappa shape index (κ3) is 6.14. The highest BCUT2D eigenvalue weighted by Crippen LogP contribution is 2.06. The lowest BCUT2D eigenvalue weighted by molar-refractivity contribution is 0.228. The van der Waals surface area contributed by atoms with Crippen LogP contribution in [0.25, 0.3) is 0 Å². The predicted molar refractivity (Wildman–Crippen MR) is 72.6 cm³/mol. The van der Waals surface area contributed by atoms with E-state index in [9.17, 15) is 8.42 Å². The summed E-state index contributed by atoms with van der Waals surface area (Å²) in [5, 5.41) is 8.85. The fourth-order valence-electron chi connectivity index (χ4n) is 1.61. The molecule has 2 N–H and O–H groups in total. The molecule has 5 heteroatoms. The van der Waals surface area contributed by atoms with E-state index in [4.69, 9.17) is 5.11 Å². The number of rotatable bonds is 8. The molecule has 0 heterocycles. The Balaban J connectivity index is 2.32. The van der Waals surface area contributed by atoms with Crippen LogP contribution < -0.4 is 4.72 Å². The number of aliphatic hydroxyl groups is 1. The summed E-state index contributed by atoms with van der Waals surface area (Å²) < 4.78 is 26.1. The monoisotopic (exact) mass is 271 g/mol. The lowest BCUT2D eigenvalue weighted by atomic mass is 10.1. The Morgan fingerprint density at radius 1 is 1.28 bits per heavy atom. The molecule has 0 fully saturated rings. The first kappa shape index (κ1) is 15.1. The molecule has 102 valence electrons. The summed E-state index contributed by atoms with van der Waals surface area (Å²) in [6.07, 6.45) is 1.57. The van der Waals surface area contributed by atoms with Crippen LogP contribution in [0.5, 0.6) is 0 Å². The number of sulfonamides is 1. The average Bonchev–Trinajstić information content (AvgIpc) is 2.35. The summed E-state index contributed by atoms with van der Waals surface area (Å²) >= 11 is 0. The van der Waals surface area contributed by atoms with E-state index in [0.717, 1.165) is 18.4 Å². The summed E-state index contributed by atoms with van der Waals surface area (Å²) in [5.74, 6) is 0.243. The predicted octanol–water partition coefficient (Wildman–Crippen LogP) is 1.51. The van der Waals surface area contributed by atoms with Crippen molar-refractivity contribution in [2.24, 2.45) is 5.92 Å². The van der Waals surface area contributed by atoms with Crippen molar-refractivity contribution >= 4 is 10.0 Å². The van der Waals surface area contributed by atoms with Gasteiger partial charge in [0.2, 0.25) is 10.0 Å². The molecule has 0 saturated heterocycles. The zero-order chi connectivity index (χ0) is 13.4. The van der Waals surface area contributed by atoms with Crippen molar-refractivity contribution < 1.29 is 13.5 Å². The minimum absolute atomic E-state index is 0.0173. The van der Waals surface area contributed by atoms with Gasteiger partial charge >= 0.3 is 0 Å². The molecule has 1 atom stereocenters. The second kappa shape index (κ2) is 7.51. The van der Waals surface area contributed by atoms with Crippen molar-refractivity contribution in [2.75, 3.05) is 13.2 Å². The van der Waals surface area contributed by atoms with Crippen molar-refractivity contribution in [1.82, 2.24) is 4.72 Å². The Kier molecular flexibility index (Phi) is 6.32. The smallest absolute Gasteiger partial charge is 0.215 e. The fourth-order valence-corrected chi connectivity index (χ4v) is 2.80. The van der Waals surface area contributed by atoms with Crippen LogP contribution in [0, 0.1) is 5.92 Å². The largest absolute Gasteiger partial charge is 0.396 e. The van der Waals surface area contributed by atoms with E-state index in [1.165, 1.54) is 0 Å². The van der Waals surface area contributed by atoms with Gasteiger partial charge in [0.15, 0.2) is 0 Å². The van der Waals surface area contributed by atoms with E-state index >= 15 is 0 Å². The second-order valence-electron chi connectivity index (χ2n) is 4.57. The topological polar surface area (TPSA) is 66.4 Å². The summed E-state index contributed by atoms with van der Waals surface area (Å²) in [7, 11) is -3.25. The molecule has 1 unspecified atom stereocenters. The lowest BCUT2D eigenvalue weighted by Crippen LogP contribution is -2.26. The quantitative estimate of drug-likeness (QED) is 0.704. The van der Waals surface area contributed by atoms with E-state index in [2.05, 4.69) is 4.72 Å². The Morgan fingerprint density at radius 2 is 1.94 bits per heavy atom. The highest BCUT2D eigenvalue weighted by atomic mass is 32.2. The molecule has 1 aromatic rings. The zero-order valence-corrected chi connectivity index (χ0v) is 11.5. The zero-order valence-electron chi connectivity index (χ0n) is 10.7. The van der Waals surface area contributed by atoms with Gasteiger partial charge in [0, 0.05) is 13.2 Å². The Hall–Kier alpha value is -0.910. The van der Waals surface area contributed by atoms with Gasteiger partial charge in [0.25, 0.3) is 0 Å². The molecular formula is C13H21NO3S. The van der Waals surface area contributed by atoms with Gasteiger partial charge in [-0.2, -0.15) is 0 Å². The molecule has 1 aromatic carbocycles. The van der Waals surface area contributed by atoms with Crippen LogP contribution in [-0.4, -0.2) is 26.7 Å². The first-order chi connectivity index (χ1) is 8.53. The maximum absolute atomic E-state index is 11.8. The summed E-state index contributed by atoms with van der Waals surface area (Å²) in [4.78, 5) is 0. The standard InChI is InChI=1S/C13H21NO3S/c1-12(10-15)6-5-9-14-18(16,17)11-13-7-3-2-4-8-13/h2-4,7-8,12,14-15H,5-6,9-11H2,1H3. The SMILES string of the molecule is CC(CO)CCCNS(=O)(=O)Cc1ccccc1. The molecule has 4 nitrogen and oxygen atoms in total. The summed E-state index contributed by atoms with van der Waals surface area (Å²) in [6, 6.07) is 9.11. The molecule has 0 amide bonds. The molecule has 0 aliphatic rings. The fraction of sp³-hybridized carbons (Fsp3) is 0.538. The van der Waals surface area contributed by atoms with E-state index < -0.39 is 10.0 Å². The molecule has 0 radical (unpaired) electrons. The molecule has 0 aliphatic heterocycles. The first-order valence-corrected chi connectivity index (χ1v) is 7.81. The van der Waals surface area contributed by atoms with Gasteiger partial charge < -0.3 is 5.11 Å². The Morgan fingerprint density at radius 3 is 2.56 bits per heavy atom. The highest BCUT2D eigenvalue weighted by Gasteiger charge is 2.10. The minimum Gasteiger partial charge on any atom is -0.396 e. The number of aliphatic hydroxyl groups excluding tert-OH is 1. The van der Waals surface area contributed by atoms with Crippen LogP contribution in [0.15, 0.2) is 30.3 Å². The van der Waals surface area contributed by atoms with Gasteiger partial charge in [-0.3, -0.25) is 0 Å². The normalized spacial score (nSPS) is 13.4. The number of hydrogen-bond acceptors (Lipinski definition) is 3. The van der Waals surface area contributed by atoms with E-state index in [0.29, 0.717) is 6.54 Å². The maximum Gasteiger partial charge on any atom is 0.215 e. The van der Waals surface area contributed by atoms with E-state index in [-0.39, 0.29) is 18.3 Å². The molecule has 0 aromatic heterocycles. The number of hydrogen-bond donors (Lipinski definition) is 2. The maximum atomic E-state index is 11.8. The van der Waals surface area contributed by atoms with E-state index in [1.54, 1.807) is 12.1 Å². The third-order valence-corrected chi connectivity index (χ3v) is 4.06. The average molecular weight is 271 g/mol. The van der Waals surface area contributed by atoms with Crippen LogP contribution in [0.4, 0.5) is 0 Å². The van der Waals surface area contributed by atoms with Gasteiger partial charge in [-0.25, -0.2) is 13.1 Å². The van der Waals surface area contributed by atoms with E-state index in [1.807, 2.05) is 25.1 Å². The molecule has 0 saturated carbocycles. The van der Waals surface area contributed by atoms with Crippen molar-refractivity contribution in [2.45, 2.75) is 25.5 Å². The minimum atomic E-state index is -3.25. The van der Waals surface area contributed by atoms with Crippen molar-refractivity contribution in [3.8, 4) is 0 Å². The first-order valence-electron chi connectivity index (χ1n) is 6.15. The van der Waals surface area contributed by atoms with Crippen LogP contribution in [0.2, 0.25) is 0 Å². The molecule has 1 rings (SSSR count). The van der Waals surface area contributed by atoms with Crippen molar-refractivity contribution in [1.29, 1.82) is 0 Å². The van der Waals surface area contributed by atoms with Crippen LogP contribution in [0.3, 0.4) is 0 Å². The van der Waals surface area contributed by atoms with Gasteiger partial charge in [0.05, 0.1) is 5.75 Å². The molecular weight excluding hydrogens is 250 g/mol. The van der Waals surface area contributed by atoms with Gasteiger partial charge in [-0.05, 0) is 24.3 Å². The molecule has 0 spiro atoms. The Bertz CT molecular complexity index is 431. The highest BCUT2D eigenvalue weighted by molar-refractivity contribution is 7.88. The van der Waals surface area contributed by atoms with Gasteiger partial charge in [-0.15, -0.1) is 0 Å². The van der Waals surface area contributed by atoms with Crippen molar-refractivity contribution in [3.05, 3.63) is 35.9 Å². The van der Waals surface area contributed by atoms with Crippen LogP contribution >= 0.6 is 0 Å². The number of benzene rings is 1. The Labute approximate surface area is 109 Å². The third-order valence-electron chi connectivity index (χ3n) is 2.71. The van der Waals surface area contributed by atoms with Crippen LogP contribution in [-0.2, 0) is 15.8 Å². The molecule has 0 aliphatic carbocycles. The van der Waals surface area contributed by atoms with Gasteiger partial charge in [-0.1, -0.05) is 37.3 Å².